The number of amides is 3. The maximum Gasteiger partial charge on any atom is 0.471 e. The van der Waals surface area contributed by atoms with Gasteiger partial charge in [-0.05, 0) is 55.7 Å². The summed E-state index contributed by atoms with van der Waals surface area (Å²) in [5.74, 6) is -4.25. The normalized spacial score (nSPS) is 23.9. The second-order valence-electron chi connectivity index (χ2n) is 10.1. The molecule has 206 valence electrons. The van der Waals surface area contributed by atoms with Crippen molar-refractivity contribution in [2.24, 2.45) is 0 Å². The Morgan fingerprint density at radius 3 is 2.69 bits per heavy atom. The van der Waals surface area contributed by atoms with E-state index in [0.29, 0.717) is 23.1 Å². The Bertz CT molecular complexity index is 1440. The van der Waals surface area contributed by atoms with Crippen LogP contribution in [0, 0.1) is 5.82 Å². The molecule has 0 aliphatic carbocycles. The highest BCUT2D eigenvalue weighted by atomic mass is 35.5. The monoisotopic (exact) mass is 565 g/mol. The summed E-state index contributed by atoms with van der Waals surface area (Å²) in [5, 5.41) is 1.99. The van der Waals surface area contributed by atoms with Gasteiger partial charge in [-0.15, -0.1) is 0 Å². The smallest absolute Gasteiger partial charge is 0.336 e. The molecule has 13 heteroatoms. The van der Waals surface area contributed by atoms with E-state index < -0.39 is 41.3 Å². The van der Waals surface area contributed by atoms with Gasteiger partial charge in [-0.25, -0.2) is 9.37 Å². The standard InChI is InChI=1S/C26H24ClF4N5O3/c1-25(33-23(38)26(29,30)31)5-8-36(24(25)39)21-13-34(7-4-18(21)15-9-16(27)11-17(28)10-15)22(37)19-3-2-6-35-14-32-12-20(19)35/h2-3,6,9-12,14,18,21H,4-5,7-8,13H2,1H3,(H,33,38)/t18-,21+,25-/m0/s1. The van der Waals surface area contributed by atoms with Gasteiger partial charge in [-0.3, -0.25) is 14.4 Å². The van der Waals surface area contributed by atoms with Gasteiger partial charge in [0.2, 0.25) is 5.91 Å². The Labute approximate surface area is 225 Å². The molecular formula is C26H24ClF4N5O3. The largest absolute Gasteiger partial charge is 0.471 e. The topological polar surface area (TPSA) is 87.0 Å². The maximum atomic E-state index is 14.3. The van der Waals surface area contributed by atoms with Crippen molar-refractivity contribution in [3.8, 4) is 0 Å². The van der Waals surface area contributed by atoms with E-state index in [1.54, 1.807) is 46.2 Å². The van der Waals surface area contributed by atoms with Crippen molar-refractivity contribution in [2.75, 3.05) is 19.6 Å². The number of benzene rings is 1. The number of fused-ring (bicyclic) bond motifs is 1. The van der Waals surface area contributed by atoms with Crippen LogP contribution in [0.3, 0.4) is 0 Å². The minimum Gasteiger partial charge on any atom is -0.336 e. The quantitative estimate of drug-likeness (QED) is 0.488. The number of carbonyl (C=O) groups is 3. The van der Waals surface area contributed by atoms with Crippen LogP contribution in [0.4, 0.5) is 17.6 Å². The number of pyridine rings is 1. The molecule has 1 N–H and O–H groups in total. The summed E-state index contributed by atoms with van der Waals surface area (Å²) in [6.45, 7) is 1.62. The molecule has 2 aromatic heterocycles. The van der Waals surface area contributed by atoms with Crippen LogP contribution in [-0.2, 0) is 9.59 Å². The third-order valence-corrected chi connectivity index (χ3v) is 7.72. The molecule has 2 fully saturated rings. The van der Waals surface area contributed by atoms with Crippen molar-refractivity contribution in [3.05, 3.63) is 71.0 Å². The highest BCUT2D eigenvalue weighted by Crippen LogP contribution is 2.38. The molecule has 2 aliphatic heterocycles. The SMILES string of the molecule is C[C@]1(NC(=O)C(F)(F)F)CCN([C@@H]2CN(C(=O)c3cccn4cncc34)CC[C@H]2c2cc(F)cc(Cl)c2)C1=O. The fourth-order valence-corrected chi connectivity index (χ4v) is 5.76. The lowest BCUT2D eigenvalue weighted by Gasteiger charge is -2.43. The van der Waals surface area contributed by atoms with Gasteiger partial charge in [-0.1, -0.05) is 11.6 Å². The highest BCUT2D eigenvalue weighted by molar-refractivity contribution is 6.30. The number of carbonyl (C=O) groups excluding carboxylic acids is 3. The van der Waals surface area contributed by atoms with Crippen LogP contribution >= 0.6 is 11.6 Å². The molecule has 0 bridgehead atoms. The first kappa shape index (κ1) is 26.9. The van der Waals surface area contributed by atoms with Crippen LogP contribution in [0.5, 0.6) is 0 Å². The Kier molecular flexibility index (Phi) is 6.78. The lowest BCUT2D eigenvalue weighted by Crippen LogP contribution is -2.59. The molecular weight excluding hydrogens is 542 g/mol. The number of hydrogen-bond acceptors (Lipinski definition) is 4. The first-order valence-corrected chi connectivity index (χ1v) is 12.6. The zero-order valence-corrected chi connectivity index (χ0v) is 21.5. The summed E-state index contributed by atoms with van der Waals surface area (Å²) in [7, 11) is 0. The first-order chi connectivity index (χ1) is 18.4. The van der Waals surface area contributed by atoms with Crippen LogP contribution in [0.2, 0.25) is 5.02 Å². The van der Waals surface area contributed by atoms with E-state index in [1.165, 1.54) is 17.9 Å². The fourth-order valence-electron chi connectivity index (χ4n) is 5.53. The van der Waals surface area contributed by atoms with E-state index in [-0.39, 0.29) is 37.0 Å². The van der Waals surface area contributed by atoms with E-state index in [1.807, 2.05) is 5.32 Å². The van der Waals surface area contributed by atoms with Crippen LogP contribution in [0.25, 0.3) is 5.52 Å². The number of piperidine rings is 1. The fraction of sp³-hybridized carbons (Fsp3) is 0.385. The van der Waals surface area contributed by atoms with E-state index in [4.69, 9.17) is 11.6 Å². The number of nitrogens with one attached hydrogen (secondary N) is 1. The lowest BCUT2D eigenvalue weighted by molar-refractivity contribution is -0.176. The van der Waals surface area contributed by atoms with Gasteiger partial charge in [0, 0.05) is 36.8 Å². The van der Waals surface area contributed by atoms with Gasteiger partial charge in [0.1, 0.15) is 11.4 Å². The highest BCUT2D eigenvalue weighted by Gasteiger charge is 2.52. The predicted molar refractivity (Wildman–Crippen MR) is 133 cm³/mol. The number of imidazole rings is 1. The molecule has 0 unspecified atom stereocenters. The Morgan fingerprint density at radius 1 is 1.21 bits per heavy atom. The van der Waals surface area contributed by atoms with Gasteiger partial charge in [0.15, 0.2) is 0 Å². The van der Waals surface area contributed by atoms with E-state index in [2.05, 4.69) is 4.98 Å². The molecule has 1 aromatic carbocycles. The molecule has 3 amide bonds. The molecule has 2 aliphatic rings. The van der Waals surface area contributed by atoms with Crippen molar-refractivity contribution in [3.63, 3.8) is 0 Å². The first-order valence-electron chi connectivity index (χ1n) is 12.2. The van der Waals surface area contributed by atoms with Crippen LogP contribution in [-0.4, -0.2) is 74.3 Å². The summed E-state index contributed by atoms with van der Waals surface area (Å²) < 4.78 is 54.9. The Balaban J connectivity index is 1.47. The van der Waals surface area contributed by atoms with Crippen molar-refractivity contribution in [1.29, 1.82) is 0 Å². The average molecular weight is 566 g/mol. The van der Waals surface area contributed by atoms with Crippen molar-refractivity contribution >= 4 is 34.8 Å². The molecule has 3 aromatic rings. The van der Waals surface area contributed by atoms with E-state index in [0.717, 1.165) is 6.07 Å². The summed E-state index contributed by atoms with van der Waals surface area (Å²) in [4.78, 5) is 45.8. The van der Waals surface area contributed by atoms with E-state index >= 15 is 0 Å². The third kappa shape index (κ3) is 5.05. The Hall–Kier alpha value is -3.67. The lowest BCUT2D eigenvalue weighted by atomic mass is 9.84. The minimum absolute atomic E-state index is 0.0396. The second-order valence-corrected chi connectivity index (χ2v) is 10.5. The molecule has 4 heterocycles. The number of hydrogen-bond donors (Lipinski definition) is 1. The molecule has 39 heavy (non-hydrogen) atoms. The molecule has 2 saturated heterocycles. The van der Waals surface area contributed by atoms with Crippen LogP contribution in [0.15, 0.2) is 49.1 Å². The zero-order valence-electron chi connectivity index (χ0n) is 20.7. The number of nitrogens with zero attached hydrogens (tertiary/aromatic N) is 4. The van der Waals surface area contributed by atoms with E-state index in [9.17, 15) is 31.9 Å². The predicted octanol–water partition coefficient (Wildman–Crippen LogP) is 3.79. The third-order valence-electron chi connectivity index (χ3n) is 7.50. The number of halogens is 5. The number of aromatic nitrogens is 2. The number of rotatable bonds is 4. The van der Waals surface area contributed by atoms with Crippen molar-refractivity contribution in [2.45, 2.75) is 43.4 Å². The van der Waals surface area contributed by atoms with Crippen LogP contribution in [0.1, 0.15) is 41.6 Å². The van der Waals surface area contributed by atoms with Crippen molar-refractivity contribution < 1.29 is 31.9 Å². The summed E-state index contributed by atoms with van der Waals surface area (Å²) in [5.41, 5.74) is -0.281. The Morgan fingerprint density at radius 2 is 1.97 bits per heavy atom. The summed E-state index contributed by atoms with van der Waals surface area (Å²) >= 11 is 6.11. The molecule has 0 saturated carbocycles. The van der Waals surface area contributed by atoms with Crippen molar-refractivity contribution in [1.82, 2.24) is 24.5 Å². The summed E-state index contributed by atoms with van der Waals surface area (Å²) in [6.07, 6.45) is -0.00224. The molecule has 5 rings (SSSR count). The number of likely N-dealkylation sites (tertiary alicyclic amines) is 2. The van der Waals surface area contributed by atoms with Gasteiger partial charge < -0.3 is 19.5 Å². The van der Waals surface area contributed by atoms with Gasteiger partial charge in [0.05, 0.1) is 29.6 Å². The molecule has 8 nitrogen and oxygen atoms in total. The maximum absolute atomic E-state index is 14.3. The molecule has 0 radical (unpaired) electrons. The average Bonchev–Trinajstić information content (AvgIpc) is 3.46. The number of alkyl halides is 3. The molecule has 3 atom stereocenters. The minimum atomic E-state index is -5.15. The van der Waals surface area contributed by atoms with Gasteiger partial charge >= 0.3 is 12.1 Å². The van der Waals surface area contributed by atoms with Crippen LogP contribution < -0.4 is 5.32 Å². The molecule has 0 spiro atoms. The zero-order chi connectivity index (χ0) is 28.1. The second kappa shape index (κ2) is 9.82. The van der Waals surface area contributed by atoms with Gasteiger partial charge in [0.25, 0.3) is 5.91 Å². The van der Waals surface area contributed by atoms with Gasteiger partial charge in [-0.2, -0.15) is 13.2 Å². The summed E-state index contributed by atoms with van der Waals surface area (Å²) in [6, 6.07) is 6.70.